The molecule has 0 spiro atoms. The highest BCUT2D eigenvalue weighted by molar-refractivity contribution is 5.73. The Morgan fingerprint density at radius 1 is 1.37 bits per heavy atom. The van der Waals surface area contributed by atoms with Gasteiger partial charge in [-0.25, -0.2) is 0 Å². The maximum absolute atomic E-state index is 11.1. The highest BCUT2D eigenvalue weighted by atomic mass is 16.6. The first-order chi connectivity index (χ1) is 8.79. The quantitative estimate of drug-likeness (QED) is 0.313. The van der Waals surface area contributed by atoms with E-state index in [0.29, 0.717) is 0 Å². The van der Waals surface area contributed by atoms with Gasteiger partial charge in [0.15, 0.2) is 5.72 Å². The van der Waals surface area contributed by atoms with Crippen LogP contribution >= 0.6 is 0 Å². The molecule has 1 saturated heterocycles. The van der Waals surface area contributed by atoms with Gasteiger partial charge in [0.25, 0.3) is 0 Å². The third-order valence-electron chi connectivity index (χ3n) is 3.29. The summed E-state index contributed by atoms with van der Waals surface area (Å²) in [6.45, 7) is 2.01. The number of hydrogen-bond acceptors (Lipinski definition) is 7. The molecule has 0 aromatic carbocycles. The molecule has 8 nitrogen and oxygen atoms in total. The van der Waals surface area contributed by atoms with Gasteiger partial charge in [0, 0.05) is 0 Å². The number of rotatable bonds is 6. The molecule has 1 heterocycles. The summed E-state index contributed by atoms with van der Waals surface area (Å²) in [7, 11) is 0. The van der Waals surface area contributed by atoms with E-state index in [4.69, 9.17) is 14.9 Å². The number of nitrogens with one attached hydrogen (secondary N) is 1. The standard InChI is InChI=1S/C11H21NO7/c1-5(2)7(10(17)18)12-11(4-14)9(16)8(15)6(3-13)19-11/h5-9,12-16H,3-4H2,1-2H3,(H,17,18)/t6-,7?,8-,9+,11?/m1/s1. The molecule has 8 heteroatoms. The van der Waals surface area contributed by atoms with Crippen molar-refractivity contribution in [2.75, 3.05) is 13.2 Å². The Morgan fingerprint density at radius 3 is 2.26 bits per heavy atom. The summed E-state index contributed by atoms with van der Waals surface area (Å²) in [5, 5.41) is 49.6. The Balaban J connectivity index is 2.95. The average molecular weight is 279 g/mol. The second kappa shape index (κ2) is 6.12. The van der Waals surface area contributed by atoms with E-state index < -0.39 is 49.3 Å². The zero-order valence-electron chi connectivity index (χ0n) is 10.9. The van der Waals surface area contributed by atoms with Gasteiger partial charge in [-0.2, -0.15) is 0 Å². The van der Waals surface area contributed by atoms with Crippen LogP contribution in [0.5, 0.6) is 0 Å². The van der Waals surface area contributed by atoms with Crippen molar-refractivity contribution < 1.29 is 35.1 Å². The van der Waals surface area contributed by atoms with Crippen LogP contribution in [0.3, 0.4) is 0 Å². The van der Waals surface area contributed by atoms with Gasteiger partial charge in [-0.15, -0.1) is 0 Å². The van der Waals surface area contributed by atoms with E-state index in [2.05, 4.69) is 5.32 Å². The lowest BCUT2D eigenvalue weighted by atomic mass is 9.98. The van der Waals surface area contributed by atoms with Crippen LogP contribution in [0.2, 0.25) is 0 Å². The van der Waals surface area contributed by atoms with Gasteiger partial charge < -0.3 is 30.3 Å². The third kappa shape index (κ3) is 3.04. The van der Waals surface area contributed by atoms with Crippen LogP contribution in [0.1, 0.15) is 13.8 Å². The summed E-state index contributed by atoms with van der Waals surface area (Å²) in [6.07, 6.45) is -4.04. The molecule has 0 bridgehead atoms. The smallest absolute Gasteiger partial charge is 0.321 e. The summed E-state index contributed by atoms with van der Waals surface area (Å²) in [6, 6.07) is -1.08. The van der Waals surface area contributed by atoms with Crippen molar-refractivity contribution in [1.29, 1.82) is 0 Å². The minimum Gasteiger partial charge on any atom is -0.480 e. The number of carboxylic acid groups (broad SMARTS) is 1. The van der Waals surface area contributed by atoms with E-state index in [0.717, 1.165) is 0 Å². The minimum atomic E-state index is -1.81. The van der Waals surface area contributed by atoms with Gasteiger partial charge >= 0.3 is 5.97 Å². The molecule has 2 unspecified atom stereocenters. The van der Waals surface area contributed by atoms with Crippen molar-refractivity contribution >= 4 is 5.97 Å². The number of ether oxygens (including phenoxy) is 1. The molecule has 0 saturated carbocycles. The molecule has 0 radical (unpaired) electrons. The normalized spacial score (nSPS) is 36.7. The number of aliphatic hydroxyl groups is 4. The van der Waals surface area contributed by atoms with Crippen LogP contribution in [0.25, 0.3) is 0 Å². The summed E-state index contributed by atoms with van der Waals surface area (Å²) in [5.74, 6) is -1.50. The molecule has 1 fully saturated rings. The first-order valence-electron chi connectivity index (χ1n) is 6.05. The van der Waals surface area contributed by atoms with E-state index in [1.165, 1.54) is 0 Å². The number of hydrogen-bond donors (Lipinski definition) is 6. The zero-order valence-corrected chi connectivity index (χ0v) is 10.9. The van der Waals surface area contributed by atoms with E-state index in [-0.39, 0.29) is 5.92 Å². The molecule has 0 amide bonds. The largest absolute Gasteiger partial charge is 0.480 e. The highest BCUT2D eigenvalue weighted by Gasteiger charge is 2.55. The van der Waals surface area contributed by atoms with Crippen LogP contribution in [-0.2, 0) is 9.53 Å². The van der Waals surface area contributed by atoms with Crippen LogP contribution in [0.15, 0.2) is 0 Å². The molecule has 0 aliphatic carbocycles. The van der Waals surface area contributed by atoms with Gasteiger partial charge in [-0.05, 0) is 5.92 Å². The molecule has 0 aromatic rings. The number of carboxylic acids is 1. The predicted octanol–water partition coefficient (Wildman–Crippen LogP) is -2.51. The second-order valence-corrected chi connectivity index (χ2v) is 5.03. The fraction of sp³-hybridized carbons (Fsp3) is 0.909. The van der Waals surface area contributed by atoms with E-state index in [9.17, 15) is 20.1 Å². The Bertz CT molecular complexity index is 324. The number of carbonyl (C=O) groups is 1. The van der Waals surface area contributed by atoms with Crippen molar-refractivity contribution in [2.24, 2.45) is 5.92 Å². The summed E-state index contributed by atoms with van der Waals surface area (Å²) in [4.78, 5) is 11.1. The Kier molecular flexibility index (Phi) is 5.25. The molecular formula is C11H21NO7. The Morgan fingerprint density at radius 2 is 1.95 bits per heavy atom. The molecule has 1 rings (SSSR count). The molecular weight excluding hydrogens is 258 g/mol. The van der Waals surface area contributed by atoms with Gasteiger partial charge in [0.2, 0.25) is 0 Å². The van der Waals surface area contributed by atoms with Gasteiger partial charge in [0.1, 0.15) is 24.4 Å². The van der Waals surface area contributed by atoms with Crippen molar-refractivity contribution in [3.05, 3.63) is 0 Å². The zero-order chi connectivity index (χ0) is 14.8. The van der Waals surface area contributed by atoms with Crippen LogP contribution in [-0.4, -0.2) is 74.8 Å². The fourth-order valence-corrected chi connectivity index (χ4v) is 2.11. The van der Waals surface area contributed by atoms with Crippen molar-refractivity contribution in [3.8, 4) is 0 Å². The topological polar surface area (TPSA) is 139 Å². The molecule has 0 aromatic heterocycles. The van der Waals surface area contributed by atoms with E-state index in [1.54, 1.807) is 13.8 Å². The molecule has 1 aliphatic heterocycles. The number of aliphatic carboxylic acids is 1. The molecule has 6 N–H and O–H groups in total. The average Bonchev–Trinajstić information content (AvgIpc) is 2.60. The Labute approximate surface area is 110 Å². The van der Waals surface area contributed by atoms with Crippen LogP contribution < -0.4 is 5.32 Å². The fourth-order valence-electron chi connectivity index (χ4n) is 2.11. The minimum absolute atomic E-state index is 0.331. The third-order valence-corrected chi connectivity index (χ3v) is 3.29. The van der Waals surface area contributed by atoms with E-state index in [1.807, 2.05) is 0 Å². The lowest BCUT2D eigenvalue weighted by Crippen LogP contribution is -2.63. The first kappa shape index (κ1) is 16.3. The lowest BCUT2D eigenvalue weighted by Gasteiger charge is -2.35. The molecule has 19 heavy (non-hydrogen) atoms. The maximum Gasteiger partial charge on any atom is 0.321 e. The first-order valence-corrected chi connectivity index (χ1v) is 6.05. The maximum atomic E-state index is 11.1. The van der Waals surface area contributed by atoms with Gasteiger partial charge in [0.05, 0.1) is 13.2 Å². The summed E-state index contributed by atoms with van der Waals surface area (Å²) < 4.78 is 5.23. The van der Waals surface area contributed by atoms with E-state index >= 15 is 0 Å². The van der Waals surface area contributed by atoms with Crippen LogP contribution in [0, 0.1) is 5.92 Å². The SMILES string of the molecule is CC(C)C(NC1(CO)O[C@H](CO)[C@@H](O)[C@@H]1O)C(=O)O. The lowest BCUT2D eigenvalue weighted by molar-refractivity contribution is -0.160. The highest BCUT2D eigenvalue weighted by Crippen LogP contribution is 2.30. The second-order valence-electron chi connectivity index (χ2n) is 5.03. The van der Waals surface area contributed by atoms with Gasteiger partial charge in [-0.3, -0.25) is 10.1 Å². The number of aliphatic hydroxyl groups excluding tert-OH is 4. The monoisotopic (exact) mass is 279 g/mol. The molecule has 1 aliphatic rings. The van der Waals surface area contributed by atoms with Crippen molar-refractivity contribution in [2.45, 2.75) is 43.9 Å². The molecule has 5 atom stereocenters. The van der Waals surface area contributed by atoms with Crippen molar-refractivity contribution in [3.63, 3.8) is 0 Å². The summed E-state index contributed by atoms with van der Waals surface area (Å²) in [5.41, 5.74) is -1.81. The summed E-state index contributed by atoms with van der Waals surface area (Å²) >= 11 is 0. The Hall–Kier alpha value is -0.770. The predicted molar refractivity (Wildman–Crippen MR) is 63.2 cm³/mol. The van der Waals surface area contributed by atoms with Crippen LogP contribution in [0.4, 0.5) is 0 Å². The van der Waals surface area contributed by atoms with Crippen molar-refractivity contribution in [1.82, 2.24) is 5.32 Å². The van der Waals surface area contributed by atoms with Gasteiger partial charge in [-0.1, -0.05) is 13.8 Å². The molecule has 112 valence electrons.